The molecule has 1 aliphatic rings. The van der Waals surface area contributed by atoms with Crippen molar-refractivity contribution in [3.8, 4) is 0 Å². The molecular formula is C27H31N3O3S. The van der Waals surface area contributed by atoms with Crippen LogP contribution in [0.1, 0.15) is 45.5 Å². The molecule has 2 N–H and O–H groups in total. The molecule has 34 heavy (non-hydrogen) atoms. The van der Waals surface area contributed by atoms with E-state index in [2.05, 4.69) is 27.1 Å². The van der Waals surface area contributed by atoms with E-state index in [1.54, 1.807) is 25.1 Å². The maximum Gasteiger partial charge on any atom is 0.262 e. The molecule has 1 fully saturated rings. The van der Waals surface area contributed by atoms with Crippen molar-refractivity contribution in [3.05, 3.63) is 88.5 Å². The number of sulfonamides is 1. The number of rotatable bonds is 7. The Balaban J connectivity index is 1.46. The van der Waals surface area contributed by atoms with Gasteiger partial charge in [0.1, 0.15) is 0 Å². The van der Waals surface area contributed by atoms with Crippen LogP contribution < -0.4 is 14.9 Å². The van der Waals surface area contributed by atoms with Gasteiger partial charge in [0, 0.05) is 30.9 Å². The van der Waals surface area contributed by atoms with Crippen molar-refractivity contribution in [2.45, 2.75) is 45.1 Å². The highest BCUT2D eigenvalue weighted by Crippen LogP contribution is 2.24. The van der Waals surface area contributed by atoms with Crippen LogP contribution in [0.15, 0.2) is 65.6 Å². The van der Waals surface area contributed by atoms with Crippen LogP contribution in [-0.2, 0) is 16.6 Å². The minimum absolute atomic E-state index is 0.0935. The molecule has 0 unspecified atom stereocenters. The third-order valence-corrected chi connectivity index (χ3v) is 7.75. The topological polar surface area (TPSA) is 78.5 Å². The normalized spacial score (nSPS) is 13.7. The number of nitrogens with one attached hydrogen (secondary N) is 2. The number of hydrogen-bond donors (Lipinski definition) is 2. The Hall–Kier alpha value is -3.32. The standard InChI is InChI=1S/C27H31N3O3S/c1-19-6-7-20(2)25(16-19)29-34(32,33)26-17-23(11-8-21(26)3)27(31)28-18-22-9-12-24(13-10-22)30-14-4-5-15-30/h6-13,16-17,29H,4-5,14-15,18H2,1-3H3,(H,28,31). The van der Waals surface area contributed by atoms with Crippen LogP contribution >= 0.6 is 0 Å². The van der Waals surface area contributed by atoms with E-state index >= 15 is 0 Å². The molecule has 1 heterocycles. The largest absolute Gasteiger partial charge is 0.372 e. The lowest BCUT2D eigenvalue weighted by molar-refractivity contribution is 0.0950. The second kappa shape index (κ2) is 9.89. The van der Waals surface area contributed by atoms with Crippen LogP contribution in [-0.4, -0.2) is 27.4 Å². The van der Waals surface area contributed by atoms with Gasteiger partial charge in [-0.3, -0.25) is 9.52 Å². The molecule has 0 atom stereocenters. The fourth-order valence-corrected chi connectivity index (χ4v) is 5.55. The van der Waals surface area contributed by atoms with Gasteiger partial charge in [-0.05, 0) is 86.2 Å². The summed E-state index contributed by atoms with van der Waals surface area (Å²) in [5.41, 5.74) is 5.40. The number of aryl methyl sites for hydroxylation is 3. The van der Waals surface area contributed by atoms with Gasteiger partial charge in [0.2, 0.25) is 0 Å². The van der Waals surface area contributed by atoms with Crippen LogP contribution in [0.3, 0.4) is 0 Å². The quantitative estimate of drug-likeness (QED) is 0.505. The van der Waals surface area contributed by atoms with Crippen LogP contribution in [0.5, 0.6) is 0 Å². The van der Waals surface area contributed by atoms with Gasteiger partial charge in [-0.2, -0.15) is 0 Å². The molecule has 1 saturated heterocycles. The maximum absolute atomic E-state index is 13.1. The molecule has 0 saturated carbocycles. The molecule has 3 aromatic rings. The van der Waals surface area contributed by atoms with E-state index < -0.39 is 10.0 Å². The first-order valence-corrected chi connectivity index (χ1v) is 13.0. The van der Waals surface area contributed by atoms with Gasteiger partial charge in [-0.1, -0.05) is 30.3 Å². The molecule has 3 aromatic carbocycles. The van der Waals surface area contributed by atoms with Crippen molar-refractivity contribution in [2.24, 2.45) is 0 Å². The number of anilines is 2. The van der Waals surface area contributed by atoms with Gasteiger partial charge in [0.25, 0.3) is 15.9 Å². The lowest BCUT2D eigenvalue weighted by atomic mass is 10.1. The maximum atomic E-state index is 13.1. The third kappa shape index (κ3) is 5.42. The summed E-state index contributed by atoms with van der Waals surface area (Å²) in [6, 6.07) is 18.6. The fraction of sp³-hybridized carbons (Fsp3) is 0.296. The monoisotopic (exact) mass is 477 g/mol. The highest BCUT2D eigenvalue weighted by atomic mass is 32.2. The van der Waals surface area contributed by atoms with Crippen molar-refractivity contribution < 1.29 is 13.2 Å². The molecular weight excluding hydrogens is 446 g/mol. The second-order valence-electron chi connectivity index (χ2n) is 8.95. The molecule has 0 aliphatic carbocycles. The number of amides is 1. The second-order valence-corrected chi connectivity index (χ2v) is 10.6. The highest BCUT2D eigenvalue weighted by Gasteiger charge is 2.20. The summed E-state index contributed by atoms with van der Waals surface area (Å²) in [6.07, 6.45) is 2.46. The van der Waals surface area contributed by atoms with Crippen molar-refractivity contribution in [1.29, 1.82) is 0 Å². The minimum Gasteiger partial charge on any atom is -0.372 e. The Kier molecular flexibility index (Phi) is 6.93. The van der Waals surface area contributed by atoms with E-state index in [0.29, 0.717) is 23.4 Å². The van der Waals surface area contributed by atoms with Gasteiger partial charge in [0.15, 0.2) is 0 Å². The van der Waals surface area contributed by atoms with E-state index in [-0.39, 0.29) is 10.8 Å². The zero-order valence-electron chi connectivity index (χ0n) is 19.9. The molecule has 0 radical (unpaired) electrons. The summed E-state index contributed by atoms with van der Waals surface area (Å²) in [7, 11) is -3.85. The summed E-state index contributed by atoms with van der Waals surface area (Å²) in [4.78, 5) is 15.3. The molecule has 7 heteroatoms. The van der Waals surface area contributed by atoms with Crippen molar-refractivity contribution >= 4 is 27.3 Å². The van der Waals surface area contributed by atoms with Crippen LogP contribution in [0, 0.1) is 20.8 Å². The van der Waals surface area contributed by atoms with Gasteiger partial charge in [0.05, 0.1) is 10.6 Å². The first-order valence-electron chi connectivity index (χ1n) is 11.6. The fourth-order valence-electron chi connectivity index (χ4n) is 4.16. The summed E-state index contributed by atoms with van der Waals surface area (Å²) < 4.78 is 28.9. The van der Waals surface area contributed by atoms with Gasteiger partial charge < -0.3 is 10.2 Å². The van der Waals surface area contributed by atoms with Crippen LogP contribution in [0.4, 0.5) is 11.4 Å². The lowest BCUT2D eigenvalue weighted by Gasteiger charge is -2.17. The molecule has 1 amide bonds. The van der Waals surface area contributed by atoms with E-state index in [9.17, 15) is 13.2 Å². The molecule has 4 rings (SSSR count). The van der Waals surface area contributed by atoms with Crippen molar-refractivity contribution in [2.75, 3.05) is 22.7 Å². The lowest BCUT2D eigenvalue weighted by Crippen LogP contribution is -2.24. The number of nitrogens with zero attached hydrogens (tertiary/aromatic N) is 1. The third-order valence-electron chi connectivity index (χ3n) is 6.24. The average molecular weight is 478 g/mol. The average Bonchev–Trinajstić information content (AvgIpc) is 3.35. The Labute approximate surface area is 202 Å². The SMILES string of the molecule is Cc1ccc(C)c(NS(=O)(=O)c2cc(C(=O)NCc3ccc(N4CCCC4)cc3)ccc2C)c1. The highest BCUT2D eigenvalue weighted by molar-refractivity contribution is 7.92. The van der Waals surface area contributed by atoms with E-state index in [1.165, 1.54) is 24.6 Å². The van der Waals surface area contributed by atoms with Crippen molar-refractivity contribution in [3.63, 3.8) is 0 Å². The van der Waals surface area contributed by atoms with E-state index in [0.717, 1.165) is 29.8 Å². The van der Waals surface area contributed by atoms with E-state index in [1.807, 2.05) is 38.1 Å². The summed E-state index contributed by atoms with van der Waals surface area (Å²) in [6.45, 7) is 8.04. The first-order chi connectivity index (χ1) is 16.2. The Morgan fingerprint density at radius 2 is 1.56 bits per heavy atom. The van der Waals surface area contributed by atoms with Gasteiger partial charge in [-0.25, -0.2) is 8.42 Å². The molecule has 0 spiro atoms. The Morgan fingerprint density at radius 3 is 2.26 bits per heavy atom. The summed E-state index contributed by atoms with van der Waals surface area (Å²) >= 11 is 0. The molecule has 6 nitrogen and oxygen atoms in total. The molecule has 0 bridgehead atoms. The van der Waals surface area contributed by atoms with Crippen LogP contribution in [0.25, 0.3) is 0 Å². The predicted octanol–water partition coefficient (Wildman–Crippen LogP) is 4.94. The Morgan fingerprint density at radius 1 is 0.882 bits per heavy atom. The minimum atomic E-state index is -3.85. The summed E-state index contributed by atoms with van der Waals surface area (Å²) in [5, 5.41) is 2.90. The molecule has 0 aromatic heterocycles. The number of carbonyl (C=O) groups excluding carboxylic acids is 1. The van der Waals surface area contributed by atoms with Gasteiger partial charge >= 0.3 is 0 Å². The molecule has 1 aliphatic heterocycles. The van der Waals surface area contributed by atoms with Crippen LogP contribution in [0.2, 0.25) is 0 Å². The Bertz CT molecular complexity index is 1300. The zero-order chi connectivity index (χ0) is 24.3. The first kappa shape index (κ1) is 23.8. The van der Waals surface area contributed by atoms with Gasteiger partial charge in [-0.15, -0.1) is 0 Å². The number of hydrogen-bond acceptors (Lipinski definition) is 4. The smallest absolute Gasteiger partial charge is 0.262 e. The number of benzene rings is 3. The summed E-state index contributed by atoms with van der Waals surface area (Å²) in [5.74, 6) is -0.313. The van der Waals surface area contributed by atoms with Crippen molar-refractivity contribution in [1.82, 2.24) is 5.32 Å². The molecule has 178 valence electrons. The zero-order valence-corrected chi connectivity index (χ0v) is 20.7. The number of carbonyl (C=O) groups is 1. The predicted molar refractivity (Wildman–Crippen MR) is 137 cm³/mol. The van der Waals surface area contributed by atoms with E-state index in [4.69, 9.17) is 0 Å².